The molecule has 9 heteroatoms. The van der Waals surface area contributed by atoms with E-state index in [0.29, 0.717) is 15.3 Å². The molecule has 1 amide bonds. The molecule has 1 heterocycles. The highest BCUT2D eigenvalue weighted by Gasteiger charge is 2.28. The van der Waals surface area contributed by atoms with E-state index in [1.54, 1.807) is 13.8 Å². The fourth-order valence-corrected chi connectivity index (χ4v) is 2.36. The van der Waals surface area contributed by atoms with Crippen molar-refractivity contribution in [3.8, 4) is 5.75 Å². The molecule has 2 rings (SSSR count). The molecule has 0 saturated carbocycles. The Hall–Kier alpha value is -1.87. The lowest BCUT2D eigenvalue weighted by molar-refractivity contribution is -0.153. The molecule has 1 aromatic carbocycles. The highest BCUT2D eigenvalue weighted by Crippen LogP contribution is 2.30. The number of benzene rings is 1. The molecule has 0 atom stereocenters. The average molecular weight is 333 g/mol. The Bertz CT molecular complexity index is 692. The molecule has 3 N–H and O–H groups in total. The summed E-state index contributed by atoms with van der Waals surface area (Å²) >= 11 is 1.13. The number of carbonyl (C=O) groups excluding carboxylic acids is 1. The van der Waals surface area contributed by atoms with E-state index in [1.807, 2.05) is 0 Å². The second kappa shape index (κ2) is 5.73. The largest absolute Gasteiger partial charge is 0.484 e. The Morgan fingerprint density at radius 3 is 2.68 bits per heavy atom. The molecule has 0 spiro atoms. The fraction of sp³-hybridized carbons (Fsp3) is 0.385. The maximum atomic E-state index is 12.1. The first-order chi connectivity index (χ1) is 10.0. The van der Waals surface area contributed by atoms with Gasteiger partial charge in [-0.1, -0.05) is 11.3 Å². The number of hydrogen-bond acceptors (Lipinski definition) is 5. The van der Waals surface area contributed by atoms with E-state index < -0.39 is 24.2 Å². The zero-order valence-corrected chi connectivity index (χ0v) is 12.6. The number of carbonyl (C=O) groups is 1. The molecule has 120 valence electrons. The van der Waals surface area contributed by atoms with Gasteiger partial charge in [0.05, 0.1) is 15.8 Å². The Kier molecular flexibility index (Phi) is 4.30. The third kappa shape index (κ3) is 4.31. The van der Waals surface area contributed by atoms with Crippen molar-refractivity contribution in [1.29, 1.82) is 0 Å². The molecule has 2 aromatic rings. The van der Waals surface area contributed by atoms with Gasteiger partial charge >= 0.3 is 6.18 Å². The summed E-state index contributed by atoms with van der Waals surface area (Å²) in [5.41, 5.74) is 5.16. The number of thiazole rings is 1. The number of nitrogens with zero attached hydrogens (tertiary/aromatic N) is 1. The summed E-state index contributed by atoms with van der Waals surface area (Å²) in [4.78, 5) is 15.9. The smallest absolute Gasteiger partial charge is 0.422 e. The number of alkyl halides is 3. The topological polar surface area (TPSA) is 77.2 Å². The molecule has 0 saturated heterocycles. The van der Waals surface area contributed by atoms with Gasteiger partial charge in [-0.25, -0.2) is 4.98 Å². The van der Waals surface area contributed by atoms with E-state index in [-0.39, 0.29) is 5.75 Å². The molecular formula is C13H14F3N3O2S. The van der Waals surface area contributed by atoms with Crippen LogP contribution in [0.25, 0.3) is 10.2 Å². The van der Waals surface area contributed by atoms with Crippen LogP contribution in [0.1, 0.15) is 13.8 Å². The number of aromatic nitrogens is 1. The van der Waals surface area contributed by atoms with E-state index in [2.05, 4.69) is 15.0 Å². The van der Waals surface area contributed by atoms with Crippen molar-refractivity contribution >= 4 is 32.6 Å². The molecular weight excluding hydrogens is 319 g/mol. The number of nitrogens with one attached hydrogen (secondary N) is 1. The van der Waals surface area contributed by atoms with Gasteiger partial charge in [0.1, 0.15) is 5.75 Å². The molecule has 1 aromatic heterocycles. The molecule has 22 heavy (non-hydrogen) atoms. The minimum atomic E-state index is -4.39. The zero-order chi connectivity index (χ0) is 16.5. The third-order valence-corrected chi connectivity index (χ3v) is 3.50. The van der Waals surface area contributed by atoms with Gasteiger partial charge in [0, 0.05) is 0 Å². The summed E-state index contributed by atoms with van der Waals surface area (Å²) in [5.74, 6) is -0.314. The van der Waals surface area contributed by atoms with Crippen LogP contribution >= 0.6 is 11.3 Å². The van der Waals surface area contributed by atoms with E-state index >= 15 is 0 Å². The number of nitrogens with two attached hydrogens (primary N) is 1. The Labute approximate surface area is 128 Å². The van der Waals surface area contributed by atoms with Crippen molar-refractivity contribution in [1.82, 2.24) is 4.98 Å². The highest BCUT2D eigenvalue weighted by atomic mass is 32.1. The van der Waals surface area contributed by atoms with Gasteiger partial charge < -0.3 is 15.8 Å². The first-order valence-electron chi connectivity index (χ1n) is 6.25. The van der Waals surface area contributed by atoms with Crippen molar-refractivity contribution in [3.05, 3.63) is 18.2 Å². The van der Waals surface area contributed by atoms with Gasteiger partial charge in [-0.15, -0.1) is 0 Å². The fourth-order valence-electron chi connectivity index (χ4n) is 1.47. The van der Waals surface area contributed by atoms with Gasteiger partial charge in [-0.2, -0.15) is 13.2 Å². The number of fused-ring (bicyclic) bond motifs is 1. The Morgan fingerprint density at radius 2 is 2.09 bits per heavy atom. The first-order valence-corrected chi connectivity index (χ1v) is 7.07. The Balaban J connectivity index is 2.15. The van der Waals surface area contributed by atoms with Gasteiger partial charge in [0.25, 0.3) is 0 Å². The predicted molar refractivity (Wildman–Crippen MR) is 78.1 cm³/mol. The standard InChI is InChI=1S/C13H14F3N3O2S/c1-12(2,17)10(20)19-11-18-8-4-3-7(5-9(8)22-11)21-6-13(14,15)16/h3-5H,6,17H2,1-2H3,(H,18,19,20). The Morgan fingerprint density at radius 1 is 1.41 bits per heavy atom. The third-order valence-electron chi connectivity index (χ3n) is 2.57. The SMILES string of the molecule is CC(C)(N)C(=O)Nc1nc2ccc(OCC(F)(F)F)cc2s1. The lowest BCUT2D eigenvalue weighted by Crippen LogP contribution is -2.45. The van der Waals surface area contributed by atoms with Gasteiger partial charge in [-0.05, 0) is 32.0 Å². The van der Waals surface area contributed by atoms with Crippen LogP contribution in [-0.4, -0.2) is 29.2 Å². The number of rotatable bonds is 4. The molecule has 5 nitrogen and oxygen atoms in total. The van der Waals surface area contributed by atoms with Crippen LogP contribution in [0, 0.1) is 0 Å². The van der Waals surface area contributed by atoms with Crippen LogP contribution in [0.3, 0.4) is 0 Å². The number of anilines is 1. The van der Waals surface area contributed by atoms with Crippen molar-refractivity contribution in [2.75, 3.05) is 11.9 Å². The summed E-state index contributed by atoms with van der Waals surface area (Å²) in [6.07, 6.45) is -4.39. The van der Waals surface area contributed by atoms with Crippen LogP contribution in [-0.2, 0) is 4.79 Å². The van der Waals surface area contributed by atoms with Crippen LogP contribution in [0.15, 0.2) is 18.2 Å². The average Bonchev–Trinajstić information content (AvgIpc) is 2.75. The second-order valence-electron chi connectivity index (χ2n) is 5.23. The first kappa shape index (κ1) is 16.5. The molecule has 0 aliphatic carbocycles. The predicted octanol–water partition coefficient (Wildman–Crippen LogP) is 2.91. The summed E-state index contributed by atoms with van der Waals surface area (Å²) in [7, 11) is 0. The van der Waals surface area contributed by atoms with Crippen LogP contribution in [0.2, 0.25) is 0 Å². The molecule has 0 radical (unpaired) electrons. The highest BCUT2D eigenvalue weighted by molar-refractivity contribution is 7.22. The molecule has 0 bridgehead atoms. The number of ether oxygens (including phenoxy) is 1. The lowest BCUT2D eigenvalue weighted by atomic mass is 10.1. The second-order valence-corrected chi connectivity index (χ2v) is 6.26. The molecule has 0 unspecified atom stereocenters. The summed E-state index contributed by atoms with van der Waals surface area (Å²) in [5, 5.41) is 2.90. The minimum absolute atomic E-state index is 0.0884. The van der Waals surface area contributed by atoms with E-state index in [1.165, 1.54) is 18.2 Å². The summed E-state index contributed by atoms with van der Waals surface area (Å²) in [6.45, 7) is 1.75. The van der Waals surface area contributed by atoms with Crippen LogP contribution in [0.4, 0.5) is 18.3 Å². The monoisotopic (exact) mass is 333 g/mol. The minimum Gasteiger partial charge on any atom is -0.484 e. The van der Waals surface area contributed by atoms with E-state index in [0.717, 1.165) is 11.3 Å². The molecule has 0 aliphatic heterocycles. The number of amides is 1. The maximum absolute atomic E-state index is 12.1. The van der Waals surface area contributed by atoms with Crippen molar-refractivity contribution in [2.24, 2.45) is 5.73 Å². The quantitative estimate of drug-likeness (QED) is 0.902. The number of halogens is 3. The lowest BCUT2D eigenvalue weighted by Gasteiger charge is -2.15. The summed E-state index contributed by atoms with van der Waals surface area (Å²) < 4.78 is 41.6. The maximum Gasteiger partial charge on any atom is 0.422 e. The van der Waals surface area contributed by atoms with Crippen molar-refractivity contribution in [3.63, 3.8) is 0 Å². The molecule has 0 aliphatic rings. The van der Waals surface area contributed by atoms with E-state index in [9.17, 15) is 18.0 Å². The van der Waals surface area contributed by atoms with E-state index in [4.69, 9.17) is 5.73 Å². The van der Waals surface area contributed by atoms with Crippen LogP contribution < -0.4 is 15.8 Å². The molecule has 0 fully saturated rings. The zero-order valence-electron chi connectivity index (χ0n) is 11.8. The van der Waals surface area contributed by atoms with Gasteiger partial charge in [0.15, 0.2) is 11.7 Å². The normalized spacial score (nSPS) is 12.5. The van der Waals surface area contributed by atoms with Crippen molar-refractivity contribution < 1.29 is 22.7 Å². The van der Waals surface area contributed by atoms with Gasteiger partial charge in [0.2, 0.25) is 5.91 Å². The van der Waals surface area contributed by atoms with Gasteiger partial charge in [-0.3, -0.25) is 4.79 Å². The number of hydrogen-bond donors (Lipinski definition) is 2. The van der Waals surface area contributed by atoms with Crippen molar-refractivity contribution in [2.45, 2.75) is 25.6 Å². The van der Waals surface area contributed by atoms with Crippen LogP contribution in [0.5, 0.6) is 5.75 Å². The summed E-state index contributed by atoms with van der Waals surface area (Å²) in [6, 6.07) is 4.37.